The van der Waals surface area contributed by atoms with E-state index < -0.39 is 23.6 Å². The van der Waals surface area contributed by atoms with Gasteiger partial charge in [-0.3, -0.25) is 19.3 Å². The Labute approximate surface area is 208 Å². The normalized spacial score (nSPS) is 24.4. The van der Waals surface area contributed by atoms with Crippen molar-refractivity contribution < 1.29 is 19.5 Å². The number of piperidine rings is 1. The summed E-state index contributed by atoms with van der Waals surface area (Å²) in [5.74, 6) is -0.600. The number of piperazine rings is 1. The summed E-state index contributed by atoms with van der Waals surface area (Å²) in [4.78, 5) is 42.7. The number of rotatable bonds is 8. The lowest BCUT2D eigenvalue weighted by Crippen LogP contribution is -2.75. The first-order chi connectivity index (χ1) is 16.9. The maximum atomic E-state index is 13.7. The fourth-order valence-corrected chi connectivity index (χ4v) is 6.07. The van der Waals surface area contributed by atoms with Crippen LogP contribution in [-0.2, 0) is 16.1 Å². The lowest BCUT2D eigenvalue weighted by molar-refractivity contribution is -0.166. The van der Waals surface area contributed by atoms with Crippen LogP contribution in [0.3, 0.4) is 0 Å². The summed E-state index contributed by atoms with van der Waals surface area (Å²) in [6, 6.07) is 6.45. The highest BCUT2D eigenvalue weighted by molar-refractivity contribution is 6.00. The molecule has 0 radical (unpaired) electrons. The molecule has 4 rings (SSSR count). The molecule has 0 bridgehead atoms. The Balaban J connectivity index is 1.45. The summed E-state index contributed by atoms with van der Waals surface area (Å²) in [5.41, 5.74) is 6.05. The second kappa shape index (κ2) is 11.1. The molecule has 3 aliphatic rings. The molecule has 1 saturated carbocycles. The smallest absolute Gasteiger partial charge is 0.248 e. The van der Waals surface area contributed by atoms with Crippen LogP contribution in [0.1, 0.15) is 80.6 Å². The lowest BCUT2D eigenvalue weighted by Gasteiger charge is -2.52. The average molecular weight is 485 g/mol. The van der Waals surface area contributed by atoms with Crippen molar-refractivity contribution in [1.82, 2.24) is 15.1 Å². The third kappa shape index (κ3) is 5.38. The molecule has 1 aromatic carbocycles. The van der Waals surface area contributed by atoms with Crippen molar-refractivity contribution in [2.45, 2.75) is 88.9 Å². The molecule has 2 unspecified atom stereocenters. The predicted molar refractivity (Wildman–Crippen MR) is 133 cm³/mol. The van der Waals surface area contributed by atoms with Crippen LogP contribution in [0.4, 0.5) is 0 Å². The van der Waals surface area contributed by atoms with Gasteiger partial charge in [0.05, 0.1) is 6.10 Å². The average Bonchev–Trinajstić information content (AvgIpc) is 2.88. The van der Waals surface area contributed by atoms with Gasteiger partial charge in [0.25, 0.3) is 0 Å². The van der Waals surface area contributed by atoms with E-state index in [1.807, 2.05) is 17.0 Å². The minimum atomic E-state index is -0.846. The maximum absolute atomic E-state index is 13.7. The van der Waals surface area contributed by atoms with Crippen molar-refractivity contribution in [2.24, 2.45) is 11.7 Å². The van der Waals surface area contributed by atoms with E-state index in [1.54, 1.807) is 12.1 Å². The van der Waals surface area contributed by atoms with Crippen LogP contribution in [0.15, 0.2) is 24.3 Å². The molecule has 0 aromatic heterocycles. The molecule has 3 amide bonds. The van der Waals surface area contributed by atoms with Crippen LogP contribution in [0, 0.1) is 5.92 Å². The molecule has 2 aliphatic heterocycles. The van der Waals surface area contributed by atoms with Crippen LogP contribution in [0.25, 0.3) is 0 Å². The summed E-state index contributed by atoms with van der Waals surface area (Å²) >= 11 is 0. The molecule has 2 heterocycles. The number of nitrogens with one attached hydrogen (secondary N) is 1. The van der Waals surface area contributed by atoms with Crippen LogP contribution >= 0.6 is 0 Å². The van der Waals surface area contributed by atoms with E-state index in [2.05, 4.69) is 17.1 Å². The van der Waals surface area contributed by atoms with Crippen molar-refractivity contribution in [3.05, 3.63) is 35.4 Å². The Bertz CT molecular complexity index is 904. The number of unbranched alkanes of at least 4 members (excludes halogenated alkanes) is 1. The number of carbonyl (C=O) groups excluding carboxylic acids is 3. The van der Waals surface area contributed by atoms with Gasteiger partial charge >= 0.3 is 0 Å². The highest BCUT2D eigenvalue weighted by Crippen LogP contribution is 2.36. The Kier molecular flexibility index (Phi) is 8.12. The van der Waals surface area contributed by atoms with Gasteiger partial charge in [-0.25, -0.2) is 0 Å². The summed E-state index contributed by atoms with van der Waals surface area (Å²) in [6.07, 6.45) is 7.23. The van der Waals surface area contributed by atoms with Crippen molar-refractivity contribution in [2.75, 3.05) is 19.6 Å². The molecule has 2 saturated heterocycles. The van der Waals surface area contributed by atoms with E-state index in [-0.39, 0.29) is 17.7 Å². The van der Waals surface area contributed by atoms with Gasteiger partial charge in [0.15, 0.2) is 0 Å². The van der Waals surface area contributed by atoms with Gasteiger partial charge < -0.3 is 21.1 Å². The number of nitrogens with two attached hydrogens (primary N) is 1. The second-order valence-electron chi connectivity index (χ2n) is 10.6. The third-order valence-corrected chi connectivity index (χ3v) is 8.30. The van der Waals surface area contributed by atoms with Crippen LogP contribution < -0.4 is 11.1 Å². The van der Waals surface area contributed by atoms with E-state index in [1.165, 1.54) is 6.42 Å². The standard InChI is InChI=1S/C27H40N4O4/c1-2-3-15-31-25(34)22(23(32)20-7-5-4-6-8-20)29-26(35)27(31)13-16-30(17-14-27)18-19-9-11-21(12-10-19)24(28)33/h9-12,20,22-23,32H,2-8,13-18H2,1H3,(H2,28,33)(H,29,35). The number of hydrogen-bond acceptors (Lipinski definition) is 5. The number of likely N-dealkylation sites (tertiary alicyclic amines) is 1. The lowest BCUT2D eigenvalue weighted by atomic mass is 9.78. The molecule has 1 aromatic rings. The van der Waals surface area contributed by atoms with Gasteiger partial charge in [-0.05, 0) is 55.7 Å². The number of carbonyl (C=O) groups is 3. The second-order valence-corrected chi connectivity index (χ2v) is 10.6. The van der Waals surface area contributed by atoms with Gasteiger partial charge in [-0.15, -0.1) is 0 Å². The minimum absolute atomic E-state index is 0.0721. The quantitative estimate of drug-likeness (QED) is 0.523. The predicted octanol–water partition coefficient (Wildman–Crippen LogP) is 2.19. The molecule has 35 heavy (non-hydrogen) atoms. The van der Waals surface area contributed by atoms with Crippen LogP contribution in [0.2, 0.25) is 0 Å². The number of benzene rings is 1. The Morgan fingerprint density at radius 3 is 2.40 bits per heavy atom. The van der Waals surface area contributed by atoms with Gasteiger partial charge in [-0.1, -0.05) is 44.7 Å². The molecule has 8 nitrogen and oxygen atoms in total. The van der Waals surface area contributed by atoms with Crippen molar-refractivity contribution in [3.8, 4) is 0 Å². The molecule has 3 fully saturated rings. The molecule has 8 heteroatoms. The van der Waals surface area contributed by atoms with Gasteiger partial charge in [0.1, 0.15) is 11.6 Å². The van der Waals surface area contributed by atoms with Crippen LogP contribution in [-0.4, -0.2) is 69.9 Å². The maximum Gasteiger partial charge on any atom is 0.248 e. The first kappa shape index (κ1) is 25.6. The third-order valence-electron chi connectivity index (χ3n) is 8.30. The first-order valence-electron chi connectivity index (χ1n) is 13.3. The zero-order chi connectivity index (χ0) is 25.0. The first-order valence-corrected chi connectivity index (χ1v) is 13.3. The minimum Gasteiger partial charge on any atom is -0.390 e. The molecule has 4 N–H and O–H groups in total. The number of aliphatic hydroxyl groups is 1. The molecule has 1 aliphatic carbocycles. The Morgan fingerprint density at radius 1 is 1.14 bits per heavy atom. The summed E-state index contributed by atoms with van der Waals surface area (Å²) in [5, 5.41) is 14.0. The zero-order valence-corrected chi connectivity index (χ0v) is 20.9. The largest absolute Gasteiger partial charge is 0.390 e. The fraction of sp³-hybridized carbons (Fsp3) is 0.667. The van der Waals surface area contributed by atoms with E-state index in [0.29, 0.717) is 44.6 Å². The summed E-state index contributed by atoms with van der Waals surface area (Å²) < 4.78 is 0. The van der Waals surface area contributed by atoms with E-state index >= 15 is 0 Å². The zero-order valence-electron chi connectivity index (χ0n) is 20.9. The van der Waals surface area contributed by atoms with Crippen LogP contribution in [0.5, 0.6) is 0 Å². The Morgan fingerprint density at radius 2 is 1.80 bits per heavy atom. The van der Waals surface area contributed by atoms with Crippen molar-refractivity contribution >= 4 is 17.7 Å². The number of amides is 3. The Hall–Kier alpha value is -2.45. The number of aliphatic hydroxyl groups excluding tert-OH is 1. The highest BCUT2D eigenvalue weighted by atomic mass is 16.3. The monoisotopic (exact) mass is 484 g/mol. The number of primary amides is 1. The molecule has 1 spiro atoms. The van der Waals surface area contributed by atoms with Gasteiger partial charge in [0, 0.05) is 31.7 Å². The molecular weight excluding hydrogens is 444 g/mol. The summed E-state index contributed by atoms with van der Waals surface area (Å²) in [6.45, 7) is 4.73. The number of hydrogen-bond donors (Lipinski definition) is 3. The summed E-state index contributed by atoms with van der Waals surface area (Å²) in [7, 11) is 0. The van der Waals surface area contributed by atoms with E-state index in [0.717, 1.165) is 44.1 Å². The molecule has 2 atom stereocenters. The fourth-order valence-electron chi connectivity index (χ4n) is 6.07. The topological polar surface area (TPSA) is 116 Å². The van der Waals surface area contributed by atoms with E-state index in [4.69, 9.17) is 5.73 Å². The van der Waals surface area contributed by atoms with Crippen molar-refractivity contribution in [3.63, 3.8) is 0 Å². The van der Waals surface area contributed by atoms with Gasteiger partial charge in [-0.2, -0.15) is 0 Å². The highest BCUT2D eigenvalue weighted by Gasteiger charge is 2.55. The molecular formula is C27H40N4O4. The van der Waals surface area contributed by atoms with E-state index in [9.17, 15) is 19.5 Å². The van der Waals surface area contributed by atoms with Crippen molar-refractivity contribution in [1.29, 1.82) is 0 Å². The van der Waals surface area contributed by atoms with Gasteiger partial charge in [0.2, 0.25) is 17.7 Å². The SMILES string of the molecule is CCCCN1C(=O)C(C(O)C2CCCCC2)NC(=O)C12CCN(Cc1ccc(C(N)=O)cc1)CC2. The molecule has 192 valence electrons. The number of nitrogens with zero attached hydrogens (tertiary/aromatic N) is 2.